The summed E-state index contributed by atoms with van der Waals surface area (Å²) in [6, 6.07) is 25.3. The van der Waals surface area contributed by atoms with E-state index in [0.717, 1.165) is 37.2 Å². The number of nitriles is 1. The second-order valence-corrected chi connectivity index (χ2v) is 10.3. The van der Waals surface area contributed by atoms with Gasteiger partial charge in [0.05, 0.1) is 11.6 Å². The minimum Gasteiger partial charge on any atom is -0.444 e. The summed E-state index contributed by atoms with van der Waals surface area (Å²) in [6.07, 6.45) is 0.554. The minimum atomic E-state index is -0.497. The SMILES string of the molecule is Cc1ccc(-c2ccc(CN3CC[C@H](NC(=O)OC(C)(C)C)C3)cc2-c2ccc(C#N)cc2)cc1. The van der Waals surface area contributed by atoms with Crippen molar-refractivity contribution < 1.29 is 9.53 Å². The number of alkyl carbamates (subject to hydrolysis) is 1. The highest BCUT2D eigenvalue weighted by atomic mass is 16.6. The van der Waals surface area contributed by atoms with E-state index in [-0.39, 0.29) is 12.1 Å². The number of aryl methyl sites for hydroxylation is 1. The number of rotatable bonds is 5. The Hall–Kier alpha value is -3.62. The quantitative estimate of drug-likeness (QED) is 0.478. The number of hydrogen-bond donors (Lipinski definition) is 1. The number of hydrogen-bond acceptors (Lipinski definition) is 4. The molecule has 0 saturated carbocycles. The second kappa shape index (κ2) is 10.3. The highest BCUT2D eigenvalue weighted by Crippen LogP contribution is 2.34. The molecule has 5 nitrogen and oxygen atoms in total. The first-order chi connectivity index (χ1) is 16.7. The van der Waals surface area contributed by atoms with E-state index < -0.39 is 5.60 Å². The zero-order chi connectivity index (χ0) is 25.0. The van der Waals surface area contributed by atoms with Gasteiger partial charge in [-0.1, -0.05) is 54.1 Å². The van der Waals surface area contributed by atoms with E-state index in [1.165, 1.54) is 22.3 Å². The molecule has 1 atom stereocenters. The van der Waals surface area contributed by atoms with Crippen LogP contribution in [-0.2, 0) is 11.3 Å². The van der Waals surface area contributed by atoms with Gasteiger partial charge in [-0.05, 0) is 80.1 Å². The number of benzene rings is 3. The molecule has 1 aliphatic rings. The Morgan fingerprint density at radius 2 is 1.69 bits per heavy atom. The first-order valence-corrected chi connectivity index (χ1v) is 12.1. The van der Waals surface area contributed by atoms with Crippen molar-refractivity contribution in [2.24, 2.45) is 0 Å². The highest BCUT2D eigenvalue weighted by Gasteiger charge is 2.26. The highest BCUT2D eigenvalue weighted by molar-refractivity contribution is 5.84. The lowest BCUT2D eigenvalue weighted by Gasteiger charge is -2.22. The minimum absolute atomic E-state index is 0.0923. The smallest absolute Gasteiger partial charge is 0.407 e. The number of carbonyl (C=O) groups is 1. The van der Waals surface area contributed by atoms with Gasteiger partial charge in [-0.15, -0.1) is 0 Å². The Balaban J connectivity index is 1.53. The number of likely N-dealkylation sites (tertiary alicyclic amines) is 1. The molecule has 4 rings (SSSR count). The fourth-order valence-corrected chi connectivity index (χ4v) is 4.46. The zero-order valence-electron chi connectivity index (χ0n) is 21.0. The molecule has 1 aliphatic heterocycles. The van der Waals surface area contributed by atoms with Gasteiger partial charge in [0.2, 0.25) is 0 Å². The number of nitrogens with one attached hydrogen (secondary N) is 1. The molecule has 0 spiro atoms. The van der Waals surface area contributed by atoms with Crippen LogP contribution in [0.4, 0.5) is 4.79 Å². The van der Waals surface area contributed by atoms with Crippen LogP contribution in [0.25, 0.3) is 22.3 Å². The van der Waals surface area contributed by atoms with E-state index in [4.69, 9.17) is 4.74 Å². The van der Waals surface area contributed by atoms with Crippen LogP contribution in [0.2, 0.25) is 0 Å². The molecule has 0 bridgehead atoms. The van der Waals surface area contributed by atoms with Crippen molar-refractivity contribution in [3.05, 3.63) is 83.4 Å². The van der Waals surface area contributed by atoms with Gasteiger partial charge >= 0.3 is 6.09 Å². The largest absolute Gasteiger partial charge is 0.444 e. The van der Waals surface area contributed by atoms with Gasteiger partial charge in [0.15, 0.2) is 0 Å². The van der Waals surface area contributed by atoms with Crippen LogP contribution in [0.5, 0.6) is 0 Å². The predicted octanol–water partition coefficient (Wildman–Crippen LogP) is 6.30. The van der Waals surface area contributed by atoms with E-state index in [2.05, 4.69) is 65.7 Å². The Kier molecular flexibility index (Phi) is 7.23. The van der Waals surface area contributed by atoms with Crippen LogP contribution < -0.4 is 5.32 Å². The first-order valence-electron chi connectivity index (χ1n) is 12.1. The lowest BCUT2D eigenvalue weighted by Crippen LogP contribution is -2.40. The van der Waals surface area contributed by atoms with Gasteiger partial charge in [-0.25, -0.2) is 4.79 Å². The fourth-order valence-electron chi connectivity index (χ4n) is 4.46. The van der Waals surface area contributed by atoms with Crippen molar-refractivity contribution in [1.29, 1.82) is 5.26 Å². The van der Waals surface area contributed by atoms with Crippen LogP contribution in [0, 0.1) is 18.3 Å². The van der Waals surface area contributed by atoms with E-state index >= 15 is 0 Å². The van der Waals surface area contributed by atoms with Gasteiger partial charge in [0.1, 0.15) is 5.60 Å². The van der Waals surface area contributed by atoms with Gasteiger partial charge in [0.25, 0.3) is 0 Å². The topological polar surface area (TPSA) is 65.4 Å². The summed E-state index contributed by atoms with van der Waals surface area (Å²) < 4.78 is 5.41. The molecule has 3 aromatic rings. The lowest BCUT2D eigenvalue weighted by molar-refractivity contribution is 0.0505. The molecule has 1 heterocycles. The lowest BCUT2D eigenvalue weighted by atomic mass is 9.92. The van der Waals surface area contributed by atoms with E-state index in [1.54, 1.807) is 0 Å². The molecule has 3 aromatic carbocycles. The Bertz CT molecular complexity index is 1220. The van der Waals surface area contributed by atoms with Crippen LogP contribution in [0.3, 0.4) is 0 Å². The average molecular weight is 468 g/mol. The van der Waals surface area contributed by atoms with Gasteiger partial charge in [0, 0.05) is 25.7 Å². The third-order valence-corrected chi connectivity index (χ3v) is 6.17. The van der Waals surface area contributed by atoms with Gasteiger partial charge < -0.3 is 10.1 Å². The summed E-state index contributed by atoms with van der Waals surface area (Å²) in [4.78, 5) is 14.5. The van der Waals surface area contributed by atoms with E-state index in [1.807, 2.05) is 45.0 Å². The first kappa shape index (κ1) is 24.5. The van der Waals surface area contributed by atoms with Crippen molar-refractivity contribution in [3.8, 4) is 28.3 Å². The normalized spacial score (nSPS) is 16.0. The third-order valence-electron chi connectivity index (χ3n) is 6.17. The maximum atomic E-state index is 12.1. The molecule has 0 radical (unpaired) electrons. The predicted molar refractivity (Wildman–Crippen MR) is 140 cm³/mol. The molecule has 1 amide bonds. The van der Waals surface area contributed by atoms with Crippen LogP contribution in [0.15, 0.2) is 66.7 Å². The summed E-state index contributed by atoms with van der Waals surface area (Å²) in [5.41, 5.74) is 7.19. The third kappa shape index (κ3) is 6.49. The summed E-state index contributed by atoms with van der Waals surface area (Å²) in [5.74, 6) is 0. The van der Waals surface area contributed by atoms with Crippen LogP contribution in [0.1, 0.15) is 43.9 Å². The monoisotopic (exact) mass is 467 g/mol. The summed E-state index contributed by atoms with van der Waals surface area (Å²) >= 11 is 0. The van der Waals surface area contributed by atoms with Crippen LogP contribution >= 0.6 is 0 Å². The molecule has 35 heavy (non-hydrogen) atoms. The van der Waals surface area contributed by atoms with E-state index in [9.17, 15) is 10.1 Å². The fraction of sp³-hybridized carbons (Fsp3) is 0.333. The second-order valence-electron chi connectivity index (χ2n) is 10.3. The number of amides is 1. The summed E-state index contributed by atoms with van der Waals surface area (Å²) in [5, 5.41) is 12.2. The molecular weight excluding hydrogens is 434 g/mol. The Labute approximate surface area is 208 Å². The van der Waals surface area contributed by atoms with Gasteiger partial charge in [-0.3, -0.25) is 4.90 Å². The Morgan fingerprint density at radius 1 is 1.03 bits per heavy atom. The Morgan fingerprint density at radius 3 is 2.34 bits per heavy atom. The zero-order valence-corrected chi connectivity index (χ0v) is 21.0. The molecule has 5 heteroatoms. The molecule has 180 valence electrons. The maximum Gasteiger partial charge on any atom is 0.407 e. The number of ether oxygens (including phenoxy) is 1. The van der Waals surface area contributed by atoms with Crippen molar-refractivity contribution in [2.45, 2.75) is 52.3 Å². The molecule has 0 unspecified atom stereocenters. The standard InChI is InChI=1S/C30H33N3O2/c1-21-5-10-24(11-6-21)27-14-9-23(17-28(27)25-12-7-22(18-31)8-13-25)19-33-16-15-26(20-33)32-29(34)35-30(2,3)4/h5-14,17,26H,15-16,19-20H2,1-4H3,(H,32,34)/t26-/m0/s1. The average Bonchev–Trinajstić information content (AvgIpc) is 3.25. The van der Waals surface area contributed by atoms with Gasteiger partial charge in [-0.2, -0.15) is 5.26 Å². The molecular formula is C30H33N3O2. The van der Waals surface area contributed by atoms with Crippen molar-refractivity contribution in [1.82, 2.24) is 10.2 Å². The van der Waals surface area contributed by atoms with Crippen LogP contribution in [-0.4, -0.2) is 35.7 Å². The maximum absolute atomic E-state index is 12.1. The van der Waals surface area contributed by atoms with Crippen molar-refractivity contribution >= 4 is 6.09 Å². The molecule has 1 saturated heterocycles. The van der Waals surface area contributed by atoms with E-state index in [0.29, 0.717) is 5.56 Å². The van der Waals surface area contributed by atoms with Crippen molar-refractivity contribution in [3.63, 3.8) is 0 Å². The molecule has 0 aromatic heterocycles. The number of nitrogens with zero attached hydrogens (tertiary/aromatic N) is 2. The molecule has 1 fully saturated rings. The molecule has 0 aliphatic carbocycles. The summed E-state index contributed by atoms with van der Waals surface area (Å²) in [7, 11) is 0. The molecule has 1 N–H and O–H groups in total. The number of carbonyl (C=O) groups excluding carboxylic acids is 1. The summed E-state index contributed by atoms with van der Waals surface area (Å²) in [6.45, 7) is 10.2. The van der Waals surface area contributed by atoms with Crippen molar-refractivity contribution in [2.75, 3.05) is 13.1 Å².